The van der Waals surface area contributed by atoms with Gasteiger partial charge in [0.05, 0.1) is 41.2 Å². The van der Waals surface area contributed by atoms with E-state index in [0.29, 0.717) is 46.5 Å². The van der Waals surface area contributed by atoms with Crippen molar-refractivity contribution < 1.29 is 14.3 Å². The van der Waals surface area contributed by atoms with Gasteiger partial charge >= 0.3 is 0 Å². The van der Waals surface area contributed by atoms with E-state index >= 15 is 0 Å². The number of ether oxygens (including phenoxy) is 2. The summed E-state index contributed by atoms with van der Waals surface area (Å²) in [5.41, 5.74) is 1.27. The second kappa shape index (κ2) is 7.28. The molecule has 7 nitrogen and oxygen atoms in total. The van der Waals surface area contributed by atoms with Crippen LogP contribution in [0.2, 0.25) is 5.02 Å². The molecule has 27 heavy (non-hydrogen) atoms. The van der Waals surface area contributed by atoms with Crippen molar-refractivity contribution in [3.63, 3.8) is 0 Å². The van der Waals surface area contributed by atoms with Crippen LogP contribution in [-0.2, 0) is 11.3 Å². The molecule has 1 aliphatic rings. The number of fused-ring (bicyclic) bond motifs is 2. The van der Waals surface area contributed by atoms with E-state index in [1.807, 2.05) is 6.07 Å². The first-order valence-electron chi connectivity index (χ1n) is 8.45. The molecule has 4 rings (SSSR count). The number of hydrogen-bond donors (Lipinski definition) is 1. The number of amides is 1. The highest BCUT2D eigenvalue weighted by atomic mass is 35.5. The summed E-state index contributed by atoms with van der Waals surface area (Å²) in [7, 11) is 0. The lowest BCUT2D eigenvalue weighted by Gasteiger charge is -2.13. The van der Waals surface area contributed by atoms with Crippen molar-refractivity contribution >= 4 is 34.2 Å². The first-order valence-corrected chi connectivity index (χ1v) is 8.83. The summed E-state index contributed by atoms with van der Waals surface area (Å²) in [6, 6.07) is 10.4. The summed E-state index contributed by atoms with van der Waals surface area (Å²) >= 11 is 6.26. The van der Waals surface area contributed by atoms with Crippen LogP contribution < -0.4 is 20.3 Å². The standard InChI is InChI=1S/C19H16ClN3O4/c20-12-8-16-17(27-7-3-6-26-16)9-14(12)22-18(24)11-23-15-5-2-1-4-13(15)21-10-19(23)25/h1-2,4-5,8-10H,3,6-7,11H2,(H,22,24). The Hall–Kier alpha value is -3.06. The maximum atomic E-state index is 12.5. The SMILES string of the molecule is O=C(Cn1c(=O)cnc2ccccc21)Nc1cc2c(cc1Cl)OCCCO2. The second-order valence-electron chi connectivity index (χ2n) is 6.05. The molecule has 0 unspecified atom stereocenters. The number of benzene rings is 2. The Balaban J connectivity index is 1.60. The largest absolute Gasteiger partial charge is 0.490 e. The molecule has 0 spiro atoms. The van der Waals surface area contributed by atoms with Gasteiger partial charge in [-0.25, -0.2) is 4.98 Å². The summed E-state index contributed by atoms with van der Waals surface area (Å²) in [4.78, 5) is 28.8. The molecule has 0 radical (unpaired) electrons. The number of carbonyl (C=O) groups excluding carboxylic acids is 1. The fraction of sp³-hybridized carbons (Fsp3) is 0.211. The van der Waals surface area contributed by atoms with Crippen molar-refractivity contribution in [2.75, 3.05) is 18.5 Å². The molecule has 1 aliphatic heterocycles. The van der Waals surface area contributed by atoms with Gasteiger partial charge in [0.1, 0.15) is 6.54 Å². The van der Waals surface area contributed by atoms with E-state index in [0.717, 1.165) is 6.42 Å². The molecular weight excluding hydrogens is 370 g/mol. The fourth-order valence-corrected chi connectivity index (χ4v) is 3.09. The van der Waals surface area contributed by atoms with E-state index < -0.39 is 0 Å². The van der Waals surface area contributed by atoms with Crippen LogP contribution in [0, 0.1) is 0 Å². The van der Waals surface area contributed by atoms with Gasteiger partial charge in [-0.15, -0.1) is 0 Å². The molecule has 0 aliphatic carbocycles. The van der Waals surface area contributed by atoms with E-state index in [9.17, 15) is 9.59 Å². The normalized spacial score (nSPS) is 13.2. The lowest BCUT2D eigenvalue weighted by Crippen LogP contribution is -2.28. The average molecular weight is 386 g/mol. The van der Waals surface area contributed by atoms with Crippen LogP contribution in [-0.4, -0.2) is 28.7 Å². The molecule has 0 bridgehead atoms. The second-order valence-corrected chi connectivity index (χ2v) is 6.46. The number of halogens is 1. The van der Waals surface area contributed by atoms with Gasteiger partial charge in [-0.05, 0) is 12.1 Å². The molecule has 0 saturated carbocycles. The van der Waals surface area contributed by atoms with Gasteiger partial charge in [-0.3, -0.25) is 14.2 Å². The molecule has 0 fully saturated rings. The van der Waals surface area contributed by atoms with Gasteiger partial charge in [0.25, 0.3) is 5.56 Å². The van der Waals surface area contributed by atoms with Gasteiger partial charge in [0.2, 0.25) is 5.91 Å². The van der Waals surface area contributed by atoms with Gasteiger partial charge < -0.3 is 14.8 Å². The van der Waals surface area contributed by atoms with Crippen LogP contribution >= 0.6 is 11.6 Å². The van der Waals surface area contributed by atoms with Gasteiger partial charge in [0, 0.05) is 18.6 Å². The predicted molar refractivity (Wildman–Crippen MR) is 102 cm³/mol. The Labute approximate surface area is 159 Å². The van der Waals surface area contributed by atoms with Crippen molar-refractivity contribution in [1.29, 1.82) is 0 Å². The smallest absolute Gasteiger partial charge is 0.269 e. The minimum atomic E-state index is -0.384. The molecule has 1 amide bonds. The maximum Gasteiger partial charge on any atom is 0.269 e. The molecule has 2 aromatic carbocycles. The summed E-state index contributed by atoms with van der Waals surface area (Å²) in [5.74, 6) is 0.690. The number of aromatic nitrogens is 2. The van der Waals surface area contributed by atoms with Crippen LogP contribution in [0.3, 0.4) is 0 Å². The molecular formula is C19H16ClN3O4. The zero-order chi connectivity index (χ0) is 18.8. The van der Waals surface area contributed by atoms with E-state index in [2.05, 4.69) is 10.3 Å². The molecule has 2 heterocycles. The summed E-state index contributed by atoms with van der Waals surface area (Å²) in [6.07, 6.45) is 1.97. The molecule has 0 atom stereocenters. The topological polar surface area (TPSA) is 82.5 Å². The monoisotopic (exact) mass is 385 g/mol. The van der Waals surface area contributed by atoms with Crippen LogP contribution in [0.15, 0.2) is 47.4 Å². The van der Waals surface area contributed by atoms with E-state index in [1.165, 1.54) is 10.8 Å². The number of anilines is 1. The molecule has 8 heteroatoms. The zero-order valence-corrected chi connectivity index (χ0v) is 15.0. The fourth-order valence-electron chi connectivity index (χ4n) is 2.89. The highest BCUT2D eigenvalue weighted by Crippen LogP contribution is 2.37. The molecule has 0 saturated heterocycles. The average Bonchev–Trinajstić information content (AvgIpc) is 2.89. The van der Waals surface area contributed by atoms with Gasteiger partial charge in [0.15, 0.2) is 11.5 Å². The van der Waals surface area contributed by atoms with E-state index in [4.69, 9.17) is 21.1 Å². The van der Waals surface area contributed by atoms with Gasteiger partial charge in [-0.2, -0.15) is 0 Å². The lowest BCUT2D eigenvalue weighted by atomic mass is 10.2. The highest BCUT2D eigenvalue weighted by molar-refractivity contribution is 6.34. The highest BCUT2D eigenvalue weighted by Gasteiger charge is 2.16. The number of carbonyl (C=O) groups is 1. The molecule has 138 valence electrons. The number of nitrogens with zero attached hydrogens (tertiary/aromatic N) is 2. The predicted octanol–water partition coefficient (Wildman–Crippen LogP) is 2.85. The Morgan fingerprint density at radius 2 is 1.93 bits per heavy atom. The van der Waals surface area contributed by atoms with Crippen molar-refractivity contribution in [2.45, 2.75) is 13.0 Å². The van der Waals surface area contributed by atoms with Crippen molar-refractivity contribution in [2.24, 2.45) is 0 Å². The first kappa shape index (κ1) is 17.4. The van der Waals surface area contributed by atoms with Crippen molar-refractivity contribution in [1.82, 2.24) is 9.55 Å². The Morgan fingerprint density at radius 3 is 2.74 bits per heavy atom. The zero-order valence-electron chi connectivity index (χ0n) is 14.3. The Morgan fingerprint density at radius 1 is 1.19 bits per heavy atom. The van der Waals surface area contributed by atoms with Crippen LogP contribution in [0.4, 0.5) is 5.69 Å². The third kappa shape index (κ3) is 3.59. The Kier molecular flexibility index (Phi) is 4.68. The van der Waals surface area contributed by atoms with Crippen LogP contribution in [0.5, 0.6) is 11.5 Å². The summed E-state index contributed by atoms with van der Waals surface area (Å²) in [6.45, 7) is 0.917. The molecule has 1 aromatic heterocycles. The maximum absolute atomic E-state index is 12.5. The minimum Gasteiger partial charge on any atom is -0.490 e. The van der Waals surface area contributed by atoms with Gasteiger partial charge in [-0.1, -0.05) is 23.7 Å². The number of hydrogen-bond acceptors (Lipinski definition) is 5. The summed E-state index contributed by atoms with van der Waals surface area (Å²) in [5, 5.41) is 3.07. The Bertz CT molecular complexity index is 1080. The molecule has 3 aromatic rings. The first-order chi connectivity index (χ1) is 13.1. The minimum absolute atomic E-state index is 0.160. The van der Waals surface area contributed by atoms with E-state index in [1.54, 1.807) is 30.3 Å². The molecule has 1 N–H and O–H groups in total. The number of rotatable bonds is 3. The van der Waals surface area contributed by atoms with Crippen molar-refractivity contribution in [3.8, 4) is 11.5 Å². The lowest BCUT2D eigenvalue weighted by molar-refractivity contribution is -0.116. The third-order valence-corrected chi connectivity index (χ3v) is 4.48. The quantitative estimate of drug-likeness (QED) is 0.749. The third-order valence-electron chi connectivity index (χ3n) is 4.17. The van der Waals surface area contributed by atoms with E-state index in [-0.39, 0.29) is 18.0 Å². The van der Waals surface area contributed by atoms with Crippen LogP contribution in [0.1, 0.15) is 6.42 Å². The van der Waals surface area contributed by atoms with Crippen LogP contribution in [0.25, 0.3) is 11.0 Å². The van der Waals surface area contributed by atoms with Crippen molar-refractivity contribution in [3.05, 3.63) is 58.0 Å². The number of nitrogens with one attached hydrogen (secondary N) is 1. The summed E-state index contributed by atoms with van der Waals surface area (Å²) < 4.78 is 12.6. The number of para-hydroxylation sites is 2.